The van der Waals surface area contributed by atoms with Gasteiger partial charge in [-0.1, -0.05) is 18.2 Å². The number of piperazine rings is 1. The number of hydrogen-bond donors (Lipinski definition) is 1. The van der Waals surface area contributed by atoms with Gasteiger partial charge in [0.15, 0.2) is 0 Å². The Balaban J connectivity index is 1.70. The summed E-state index contributed by atoms with van der Waals surface area (Å²) in [6.07, 6.45) is 0. The van der Waals surface area contributed by atoms with E-state index in [1.807, 2.05) is 35.2 Å². The zero-order valence-electron chi connectivity index (χ0n) is 10.4. The lowest BCUT2D eigenvalue weighted by Gasteiger charge is -2.24. The predicted molar refractivity (Wildman–Crippen MR) is 68.0 cm³/mol. The standard InChI is InChI=1S/C13H14N4O2/c18-11-8-17(7-6-14-11)9-12-15-16-13(19-12)10-4-2-1-3-5-10/h1-5H,6-9H2,(H,14,18). The Morgan fingerprint density at radius 1 is 1.26 bits per heavy atom. The predicted octanol–water partition coefficient (Wildman–Crippen LogP) is 0.668. The molecule has 1 aromatic carbocycles. The minimum atomic E-state index is 0.0362. The Bertz CT molecular complexity index is 567. The minimum Gasteiger partial charge on any atom is -0.419 e. The molecule has 1 N–H and O–H groups in total. The van der Waals surface area contributed by atoms with Crippen molar-refractivity contribution in [2.24, 2.45) is 0 Å². The maximum absolute atomic E-state index is 11.3. The molecule has 1 aliphatic heterocycles. The molecule has 0 spiro atoms. The van der Waals surface area contributed by atoms with Gasteiger partial charge in [0.05, 0.1) is 13.1 Å². The van der Waals surface area contributed by atoms with Gasteiger partial charge in [0, 0.05) is 18.7 Å². The van der Waals surface area contributed by atoms with E-state index in [0.29, 0.717) is 31.4 Å². The summed E-state index contributed by atoms with van der Waals surface area (Å²) in [5, 5.41) is 10.8. The second-order valence-corrected chi connectivity index (χ2v) is 4.43. The molecule has 0 radical (unpaired) electrons. The number of hydrogen-bond acceptors (Lipinski definition) is 5. The van der Waals surface area contributed by atoms with E-state index in [1.165, 1.54) is 0 Å². The molecule has 98 valence electrons. The summed E-state index contributed by atoms with van der Waals surface area (Å²) in [4.78, 5) is 13.3. The summed E-state index contributed by atoms with van der Waals surface area (Å²) in [6, 6.07) is 9.63. The highest BCUT2D eigenvalue weighted by atomic mass is 16.4. The molecule has 1 saturated heterocycles. The molecule has 1 aromatic heterocycles. The lowest BCUT2D eigenvalue weighted by molar-refractivity contribution is -0.124. The average molecular weight is 258 g/mol. The Morgan fingerprint density at radius 3 is 2.89 bits per heavy atom. The number of nitrogens with zero attached hydrogens (tertiary/aromatic N) is 3. The first-order chi connectivity index (χ1) is 9.31. The Hall–Kier alpha value is -2.21. The third-order valence-electron chi connectivity index (χ3n) is 2.96. The molecular formula is C13H14N4O2. The normalized spacial score (nSPS) is 16.3. The van der Waals surface area contributed by atoms with Crippen LogP contribution < -0.4 is 5.32 Å². The molecule has 2 heterocycles. The maximum Gasteiger partial charge on any atom is 0.247 e. The van der Waals surface area contributed by atoms with Crippen molar-refractivity contribution in [3.05, 3.63) is 36.2 Å². The van der Waals surface area contributed by atoms with Crippen LogP contribution in [0.3, 0.4) is 0 Å². The van der Waals surface area contributed by atoms with Gasteiger partial charge in [-0.25, -0.2) is 0 Å². The van der Waals surface area contributed by atoms with Crippen LogP contribution in [0.15, 0.2) is 34.7 Å². The maximum atomic E-state index is 11.3. The van der Waals surface area contributed by atoms with Crippen molar-refractivity contribution in [3.63, 3.8) is 0 Å². The van der Waals surface area contributed by atoms with Crippen LogP contribution in [0, 0.1) is 0 Å². The van der Waals surface area contributed by atoms with Crippen LogP contribution in [0.1, 0.15) is 5.89 Å². The fourth-order valence-electron chi connectivity index (χ4n) is 2.03. The van der Waals surface area contributed by atoms with Crippen molar-refractivity contribution in [1.82, 2.24) is 20.4 Å². The molecule has 0 saturated carbocycles. The Kier molecular flexibility index (Phi) is 3.24. The summed E-state index contributed by atoms with van der Waals surface area (Å²) in [6.45, 7) is 2.35. The first kappa shape index (κ1) is 11.9. The van der Waals surface area contributed by atoms with E-state index in [2.05, 4.69) is 15.5 Å². The van der Waals surface area contributed by atoms with Gasteiger partial charge in [0.1, 0.15) is 0 Å². The van der Waals surface area contributed by atoms with E-state index >= 15 is 0 Å². The molecular weight excluding hydrogens is 244 g/mol. The van der Waals surface area contributed by atoms with Crippen LogP contribution >= 0.6 is 0 Å². The monoisotopic (exact) mass is 258 g/mol. The summed E-state index contributed by atoms with van der Waals surface area (Å²) >= 11 is 0. The first-order valence-electron chi connectivity index (χ1n) is 6.18. The lowest BCUT2D eigenvalue weighted by atomic mass is 10.2. The highest BCUT2D eigenvalue weighted by molar-refractivity contribution is 5.78. The lowest BCUT2D eigenvalue weighted by Crippen LogP contribution is -2.47. The van der Waals surface area contributed by atoms with Crippen LogP contribution in [0.5, 0.6) is 0 Å². The third-order valence-corrected chi connectivity index (χ3v) is 2.96. The van der Waals surface area contributed by atoms with Gasteiger partial charge in [0.25, 0.3) is 0 Å². The molecule has 2 aromatic rings. The number of carbonyl (C=O) groups excluding carboxylic acids is 1. The first-order valence-corrected chi connectivity index (χ1v) is 6.18. The van der Waals surface area contributed by atoms with Gasteiger partial charge in [-0.15, -0.1) is 10.2 Å². The van der Waals surface area contributed by atoms with Gasteiger partial charge in [-0.2, -0.15) is 0 Å². The SMILES string of the molecule is O=C1CN(Cc2nnc(-c3ccccc3)o2)CCN1. The molecule has 1 fully saturated rings. The van der Waals surface area contributed by atoms with Gasteiger partial charge in [0.2, 0.25) is 17.7 Å². The second kappa shape index (κ2) is 5.19. The summed E-state index contributed by atoms with van der Waals surface area (Å²) < 4.78 is 5.61. The average Bonchev–Trinajstić information content (AvgIpc) is 2.88. The van der Waals surface area contributed by atoms with Crippen molar-refractivity contribution >= 4 is 5.91 Å². The zero-order valence-corrected chi connectivity index (χ0v) is 10.4. The molecule has 1 amide bonds. The van der Waals surface area contributed by atoms with Gasteiger partial charge in [-0.05, 0) is 12.1 Å². The van der Waals surface area contributed by atoms with E-state index in [9.17, 15) is 4.79 Å². The van der Waals surface area contributed by atoms with Crippen LogP contribution in [0.2, 0.25) is 0 Å². The van der Waals surface area contributed by atoms with Crippen LogP contribution in [-0.2, 0) is 11.3 Å². The van der Waals surface area contributed by atoms with Crippen molar-refractivity contribution in [1.29, 1.82) is 0 Å². The van der Waals surface area contributed by atoms with Crippen molar-refractivity contribution < 1.29 is 9.21 Å². The smallest absolute Gasteiger partial charge is 0.247 e. The van der Waals surface area contributed by atoms with Crippen molar-refractivity contribution in [2.75, 3.05) is 19.6 Å². The van der Waals surface area contributed by atoms with E-state index in [1.54, 1.807) is 0 Å². The Morgan fingerprint density at radius 2 is 2.11 bits per heavy atom. The van der Waals surface area contributed by atoms with Crippen LogP contribution in [0.4, 0.5) is 0 Å². The molecule has 0 unspecified atom stereocenters. The molecule has 1 aliphatic rings. The largest absolute Gasteiger partial charge is 0.419 e. The number of nitrogens with one attached hydrogen (secondary N) is 1. The fourth-order valence-corrected chi connectivity index (χ4v) is 2.03. The van der Waals surface area contributed by atoms with Crippen molar-refractivity contribution in [2.45, 2.75) is 6.54 Å². The number of benzene rings is 1. The molecule has 19 heavy (non-hydrogen) atoms. The third kappa shape index (κ3) is 2.79. The van der Waals surface area contributed by atoms with Gasteiger partial charge in [-0.3, -0.25) is 9.69 Å². The highest BCUT2D eigenvalue weighted by Gasteiger charge is 2.18. The zero-order chi connectivity index (χ0) is 13.1. The number of carbonyl (C=O) groups is 1. The number of rotatable bonds is 3. The molecule has 3 rings (SSSR count). The van der Waals surface area contributed by atoms with Gasteiger partial charge < -0.3 is 9.73 Å². The summed E-state index contributed by atoms with van der Waals surface area (Å²) in [5.74, 6) is 1.08. The van der Waals surface area contributed by atoms with E-state index in [4.69, 9.17) is 4.42 Å². The Labute approximate surface area is 110 Å². The minimum absolute atomic E-state index is 0.0362. The van der Waals surface area contributed by atoms with E-state index in [0.717, 1.165) is 12.1 Å². The summed E-state index contributed by atoms with van der Waals surface area (Å²) in [7, 11) is 0. The number of amides is 1. The quantitative estimate of drug-likeness (QED) is 0.876. The van der Waals surface area contributed by atoms with Crippen LogP contribution in [-0.4, -0.2) is 40.6 Å². The molecule has 6 nitrogen and oxygen atoms in total. The van der Waals surface area contributed by atoms with E-state index in [-0.39, 0.29) is 5.91 Å². The molecule has 0 atom stereocenters. The topological polar surface area (TPSA) is 71.3 Å². The molecule has 0 bridgehead atoms. The molecule has 6 heteroatoms. The van der Waals surface area contributed by atoms with Crippen molar-refractivity contribution in [3.8, 4) is 11.5 Å². The second-order valence-electron chi connectivity index (χ2n) is 4.43. The van der Waals surface area contributed by atoms with Gasteiger partial charge >= 0.3 is 0 Å². The molecule has 0 aliphatic carbocycles. The number of aromatic nitrogens is 2. The van der Waals surface area contributed by atoms with E-state index < -0.39 is 0 Å². The van der Waals surface area contributed by atoms with Crippen LogP contribution in [0.25, 0.3) is 11.5 Å². The fraction of sp³-hybridized carbons (Fsp3) is 0.308. The highest BCUT2D eigenvalue weighted by Crippen LogP contribution is 2.17. The summed E-state index contributed by atoms with van der Waals surface area (Å²) in [5.41, 5.74) is 0.901.